The van der Waals surface area contributed by atoms with E-state index in [0.29, 0.717) is 17.3 Å². The number of hydrogen-bond acceptors (Lipinski definition) is 7. The summed E-state index contributed by atoms with van der Waals surface area (Å²) >= 11 is 0. The first kappa shape index (κ1) is 20.1. The third-order valence-corrected chi connectivity index (χ3v) is 4.46. The fourth-order valence-corrected chi connectivity index (χ4v) is 3.14. The van der Waals surface area contributed by atoms with Gasteiger partial charge in [-0.1, -0.05) is 30.3 Å². The van der Waals surface area contributed by atoms with Gasteiger partial charge in [0.15, 0.2) is 0 Å². The standard InChI is InChI=1S/C21H19NO7/c1-3-29-15-11-9-14(10-12-15)22-19(25)18(24)16(21(22,27)20(26)28-2)17(23)13-7-5-4-6-8-13/h4-12,23,27H,3H2,1-2H3/b17-16-. The molecule has 3 rings (SSSR count). The van der Waals surface area contributed by atoms with Gasteiger partial charge in [0.05, 0.1) is 13.7 Å². The normalized spacial score (nSPS) is 20.6. The first-order valence-electron chi connectivity index (χ1n) is 8.77. The summed E-state index contributed by atoms with van der Waals surface area (Å²) in [6, 6.07) is 13.7. The number of esters is 1. The molecule has 1 saturated heterocycles. The van der Waals surface area contributed by atoms with Gasteiger partial charge in [-0.15, -0.1) is 0 Å². The highest BCUT2D eigenvalue weighted by Crippen LogP contribution is 2.40. The molecule has 0 aromatic heterocycles. The smallest absolute Gasteiger partial charge is 0.365 e. The summed E-state index contributed by atoms with van der Waals surface area (Å²) in [7, 11) is 1.00. The minimum atomic E-state index is -2.84. The molecule has 2 aromatic rings. The number of rotatable bonds is 5. The van der Waals surface area contributed by atoms with Crippen LogP contribution in [0.2, 0.25) is 0 Å². The Morgan fingerprint density at radius 1 is 1.07 bits per heavy atom. The average Bonchev–Trinajstić information content (AvgIpc) is 2.95. The Bertz CT molecular complexity index is 982. The van der Waals surface area contributed by atoms with E-state index < -0.39 is 34.7 Å². The molecule has 1 fully saturated rings. The minimum Gasteiger partial charge on any atom is -0.507 e. The van der Waals surface area contributed by atoms with Crippen molar-refractivity contribution in [2.24, 2.45) is 0 Å². The number of aliphatic hydroxyl groups is 2. The van der Waals surface area contributed by atoms with Gasteiger partial charge >= 0.3 is 11.9 Å². The van der Waals surface area contributed by atoms with E-state index in [0.717, 1.165) is 7.11 Å². The zero-order chi connectivity index (χ0) is 21.2. The molecule has 0 aliphatic carbocycles. The predicted octanol–water partition coefficient (Wildman–Crippen LogP) is 1.83. The van der Waals surface area contributed by atoms with Crippen molar-refractivity contribution < 1.29 is 34.1 Å². The molecule has 0 saturated carbocycles. The fourth-order valence-electron chi connectivity index (χ4n) is 3.14. The lowest BCUT2D eigenvalue weighted by molar-refractivity contribution is -0.158. The van der Waals surface area contributed by atoms with Gasteiger partial charge in [0.1, 0.15) is 17.1 Å². The number of Topliss-reactive ketones (excluding diaryl/α,β-unsaturated/α-hetero) is 1. The largest absolute Gasteiger partial charge is 0.507 e. The Morgan fingerprint density at radius 2 is 1.69 bits per heavy atom. The Morgan fingerprint density at radius 3 is 2.24 bits per heavy atom. The number of aliphatic hydroxyl groups excluding tert-OH is 1. The highest BCUT2D eigenvalue weighted by Gasteiger charge is 2.62. The van der Waals surface area contributed by atoms with Crippen LogP contribution >= 0.6 is 0 Å². The summed E-state index contributed by atoms with van der Waals surface area (Å²) in [5, 5.41) is 21.9. The molecule has 2 N–H and O–H groups in total. The van der Waals surface area contributed by atoms with Gasteiger partial charge in [-0.05, 0) is 31.2 Å². The fraction of sp³-hybridized carbons (Fsp3) is 0.190. The van der Waals surface area contributed by atoms with Crippen LogP contribution < -0.4 is 9.64 Å². The number of hydrogen-bond donors (Lipinski definition) is 2. The highest BCUT2D eigenvalue weighted by molar-refractivity contribution is 6.54. The first-order valence-corrected chi connectivity index (χ1v) is 8.77. The number of benzene rings is 2. The molecule has 1 aliphatic heterocycles. The van der Waals surface area contributed by atoms with Crippen molar-refractivity contribution in [1.82, 2.24) is 0 Å². The quantitative estimate of drug-likeness (QED) is 0.342. The maximum Gasteiger partial charge on any atom is 0.365 e. The Labute approximate surface area is 166 Å². The zero-order valence-electron chi connectivity index (χ0n) is 15.8. The second kappa shape index (κ2) is 7.76. The van der Waals surface area contributed by atoms with Crippen molar-refractivity contribution in [2.45, 2.75) is 12.6 Å². The van der Waals surface area contributed by atoms with Gasteiger partial charge < -0.3 is 19.7 Å². The van der Waals surface area contributed by atoms with E-state index in [1.807, 2.05) is 0 Å². The molecule has 0 bridgehead atoms. The first-order chi connectivity index (χ1) is 13.9. The van der Waals surface area contributed by atoms with Crippen LogP contribution in [-0.2, 0) is 19.1 Å². The van der Waals surface area contributed by atoms with Crippen LogP contribution in [0, 0.1) is 0 Å². The molecule has 2 aromatic carbocycles. The molecule has 1 aliphatic rings. The van der Waals surface area contributed by atoms with Gasteiger partial charge in [-0.2, -0.15) is 0 Å². The average molecular weight is 397 g/mol. The van der Waals surface area contributed by atoms with Crippen molar-refractivity contribution in [1.29, 1.82) is 0 Å². The monoisotopic (exact) mass is 397 g/mol. The maximum absolute atomic E-state index is 12.7. The number of anilines is 1. The molecule has 1 amide bonds. The summed E-state index contributed by atoms with van der Waals surface area (Å²) in [5.41, 5.74) is -3.40. The number of carbonyl (C=O) groups is 3. The SMILES string of the molecule is CCOc1ccc(N2C(=O)C(=O)/C(=C(/O)c3ccccc3)C2(O)C(=O)OC)cc1. The van der Waals surface area contributed by atoms with Gasteiger partial charge in [-0.3, -0.25) is 14.5 Å². The number of carbonyl (C=O) groups excluding carboxylic acids is 3. The number of amides is 1. The summed E-state index contributed by atoms with van der Waals surface area (Å²) < 4.78 is 9.99. The number of nitrogens with zero attached hydrogens (tertiary/aromatic N) is 1. The predicted molar refractivity (Wildman–Crippen MR) is 103 cm³/mol. The van der Waals surface area contributed by atoms with Crippen LogP contribution in [0.3, 0.4) is 0 Å². The molecule has 8 nitrogen and oxygen atoms in total. The second-order valence-corrected chi connectivity index (χ2v) is 6.15. The molecule has 150 valence electrons. The van der Waals surface area contributed by atoms with E-state index in [4.69, 9.17) is 4.74 Å². The van der Waals surface area contributed by atoms with Crippen LogP contribution in [0.5, 0.6) is 5.75 Å². The number of methoxy groups -OCH3 is 1. The van der Waals surface area contributed by atoms with Crippen molar-refractivity contribution in [3.8, 4) is 5.75 Å². The molecule has 1 atom stereocenters. The third kappa shape index (κ3) is 3.23. The van der Waals surface area contributed by atoms with E-state index in [9.17, 15) is 24.6 Å². The zero-order valence-corrected chi connectivity index (χ0v) is 15.8. The molecule has 29 heavy (non-hydrogen) atoms. The molecular weight excluding hydrogens is 378 g/mol. The number of ether oxygens (including phenoxy) is 2. The van der Waals surface area contributed by atoms with Crippen molar-refractivity contribution in [3.05, 3.63) is 65.7 Å². The molecule has 1 unspecified atom stereocenters. The highest BCUT2D eigenvalue weighted by atomic mass is 16.5. The lowest BCUT2D eigenvalue weighted by atomic mass is 9.97. The van der Waals surface area contributed by atoms with Crippen LogP contribution in [-0.4, -0.2) is 47.3 Å². The summed E-state index contributed by atoms with van der Waals surface area (Å²) in [6.07, 6.45) is 0. The third-order valence-electron chi connectivity index (χ3n) is 4.46. The van der Waals surface area contributed by atoms with E-state index in [1.54, 1.807) is 25.1 Å². The molecule has 8 heteroatoms. The van der Waals surface area contributed by atoms with E-state index >= 15 is 0 Å². The van der Waals surface area contributed by atoms with E-state index in [-0.39, 0.29) is 11.3 Å². The summed E-state index contributed by atoms with van der Waals surface area (Å²) in [6.45, 7) is 2.22. The van der Waals surface area contributed by atoms with Crippen molar-refractivity contribution in [2.75, 3.05) is 18.6 Å². The van der Waals surface area contributed by atoms with Crippen LogP contribution in [0.1, 0.15) is 12.5 Å². The Kier molecular flexibility index (Phi) is 5.38. The lowest BCUT2D eigenvalue weighted by Crippen LogP contribution is -2.54. The van der Waals surface area contributed by atoms with Crippen LogP contribution in [0.25, 0.3) is 5.76 Å². The maximum atomic E-state index is 12.7. The minimum absolute atomic E-state index is 0.0514. The topological polar surface area (TPSA) is 113 Å². The molecular formula is C21H19NO7. The number of ketones is 1. The molecule has 0 spiro atoms. The van der Waals surface area contributed by atoms with E-state index in [1.165, 1.54) is 36.4 Å². The lowest BCUT2D eigenvalue weighted by Gasteiger charge is -2.31. The summed E-state index contributed by atoms with van der Waals surface area (Å²) in [5.74, 6) is -3.88. The van der Waals surface area contributed by atoms with Crippen molar-refractivity contribution >= 4 is 29.1 Å². The van der Waals surface area contributed by atoms with Gasteiger partial charge in [0.25, 0.3) is 11.5 Å². The second-order valence-electron chi connectivity index (χ2n) is 6.15. The molecule has 1 heterocycles. The summed E-state index contributed by atoms with van der Waals surface area (Å²) in [4.78, 5) is 38.6. The van der Waals surface area contributed by atoms with Crippen LogP contribution in [0.15, 0.2) is 60.2 Å². The Hall–Kier alpha value is -3.65. The Balaban J connectivity index is 2.20. The van der Waals surface area contributed by atoms with Gasteiger partial charge in [0.2, 0.25) is 0 Å². The van der Waals surface area contributed by atoms with E-state index in [2.05, 4.69) is 4.74 Å². The van der Waals surface area contributed by atoms with Crippen LogP contribution in [0.4, 0.5) is 5.69 Å². The molecule has 0 radical (unpaired) electrons. The van der Waals surface area contributed by atoms with Gasteiger partial charge in [0, 0.05) is 11.3 Å². The van der Waals surface area contributed by atoms with Crippen molar-refractivity contribution in [3.63, 3.8) is 0 Å². The van der Waals surface area contributed by atoms with Gasteiger partial charge in [-0.25, -0.2) is 4.79 Å².